The van der Waals surface area contributed by atoms with E-state index in [0.717, 1.165) is 12.2 Å². The summed E-state index contributed by atoms with van der Waals surface area (Å²) in [6.45, 7) is 1.26. The van der Waals surface area contributed by atoms with Crippen molar-refractivity contribution in [1.82, 2.24) is 4.90 Å². The van der Waals surface area contributed by atoms with Gasteiger partial charge in [-0.3, -0.25) is 4.79 Å². The standard InChI is InChI=1S/C12H17NO6/c1-17-6-5-13-8-9(7-10(13)14)19-12(16)4-3-11(15)18-2/h3-4,9H,5-8H2,1-2H3/b4-3+. The van der Waals surface area contributed by atoms with E-state index in [1.807, 2.05) is 0 Å². The molecular formula is C12H17NO6. The van der Waals surface area contributed by atoms with Crippen molar-refractivity contribution in [2.75, 3.05) is 33.9 Å². The van der Waals surface area contributed by atoms with Crippen LogP contribution < -0.4 is 0 Å². The fourth-order valence-electron chi connectivity index (χ4n) is 1.64. The van der Waals surface area contributed by atoms with Gasteiger partial charge < -0.3 is 19.1 Å². The predicted molar refractivity (Wildman–Crippen MR) is 64.1 cm³/mol. The zero-order chi connectivity index (χ0) is 14.3. The molecule has 1 aliphatic rings. The number of carbonyl (C=O) groups excluding carboxylic acids is 3. The average Bonchev–Trinajstić information content (AvgIpc) is 2.73. The molecule has 0 aromatic heterocycles. The first kappa shape index (κ1) is 15.2. The molecule has 0 aromatic rings. The Morgan fingerprint density at radius 1 is 1.32 bits per heavy atom. The number of hydrogen-bond acceptors (Lipinski definition) is 6. The molecule has 1 amide bonds. The van der Waals surface area contributed by atoms with Gasteiger partial charge in [0, 0.05) is 25.8 Å². The van der Waals surface area contributed by atoms with Gasteiger partial charge in [0.1, 0.15) is 6.10 Å². The molecule has 7 heteroatoms. The molecule has 0 spiro atoms. The van der Waals surface area contributed by atoms with Gasteiger partial charge in [0.25, 0.3) is 0 Å². The topological polar surface area (TPSA) is 82.1 Å². The summed E-state index contributed by atoms with van der Waals surface area (Å²) >= 11 is 0. The smallest absolute Gasteiger partial charge is 0.331 e. The van der Waals surface area contributed by atoms with Crippen molar-refractivity contribution in [2.24, 2.45) is 0 Å². The Morgan fingerprint density at radius 2 is 2.00 bits per heavy atom. The third-order valence-corrected chi connectivity index (χ3v) is 2.58. The number of esters is 2. The van der Waals surface area contributed by atoms with Crippen LogP contribution in [0.25, 0.3) is 0 Å². The molecule has 0 aliphatic carbocycles. The molecule has 7 nitrogen and oxygen atoms in total. The van der Waals surface area contributed by atoms with Crippen LogP contribution in [0.2, 0.25) is 0 Å². The van der Waals surface area contributed by atoms with E-state index in [0.29, 0.717) is 19.7 Å². The molecule has 1 fully saturated rings. The van der Waals surface area contributed by atoms with Gasteiger partial charge >= 0.3 is 11.9 Å². The van der Waals surface area contributed by atoms with Gasteiger partial charge in [-0.05, 0) is 0 Å². The minimum atomic E-state index is -0.670. The zero-order valence-electron chi connectivity index (χ0n) is 11.0. The second-order valence-corrected chi connectivity index (χ2v) is 3.95. The van der Waals surface area contributed by atoms with Crippen molar-refractivity contribution in [1.29, 1.82) is 0 Å². The van der Waals surface area contributed by atoms with Gasteiger partial charge in [0.05, 0.1) is 26.7 Å². The van der Waals surface area contributed by atoms with Crippen molar-refractivity contribution < 1.29 is 28.6 Å². The van der Waals surface area contributed by atoms with Gasteiger partial charge in [-0.25, -0.2) is 9.59 Å². The largest absolute Gasteiger partial charge is 0.466 e. The Hall–Kier alpha value is -1.89. The minimum Gasteiger partial charge on any atom is -0.466 e. The zero-order valence-corrected chi connectivity index (χ0v) is 11.0. The normalized spacial score (nSPS) is 18.9. The second kappa shape index (κ2) is 7.52. The second-order valence-electron chi connectivity index (χ2n) is 3.95. The summed E-state index contributed by atoms with van der Waals surface area (Å²) in [5.41, 5.74) is 0. The molecule has 1 heterocycles. The molecular weight excluding hydrogens is 254 g/mol. The van der Waals surface area contributed by atoms with E-state index in [1.54, 1.807) is 12.0 Å². The summed E-state index contributed by atoms with van der Waals surface area (Å²) in [4.78, 5) is 35.3. The Morgan fingerprint density at radius 3 is 2.63 bits per heavy atom. The van der Waals surface area contributed by atoms with Crippen LogP contribution >= 0.6 is 0 Å². The van der Waals surface area contributed by atoms with Crippen molar-refractivity contribution in [2.45, 2.75) is 12.5 Å². The molecule has 0 aromatic carbocycles. The van der Waals surface area contributed by atoms with Crippen LogP contribution in [-0.2, 0) is 28.6 Å². The molecule has 0 saturated carbocycles. The molecule has 0 bridgehead atoms. The number of nitrogens with zero attached hydrogens (tertiary/aromatic N) is 1. The lowest BCUT2D eigenvalue weighted by molar-refractivity contribution is -0.143. The van der Waals surface area contributed by atoms with Gasteiger partial charge in [0.15, 0.2) is 0 Å². The van der Waals surface area contributed by atoms with Gasteiger partial charge in [-0.15, -0.1) is 0 Å². The molecule has 0 radical (unpaired) electrons. The Bertz CT molecular complexity index is 378. The number of carbonyl (C=O) groups is 3. The van der Waals surface area contributed by atoms with Crippen molar-refractivity contribution in [3.63, 3.8) is 0 Å². The van der Waals surface area contributed by atoms with Crippen LogP contribution in [0.5, 0.6) is 0 Å². The van der Waals surface area contributed by atoms with Crippen LogP contribution in [0.3, 0.4) is 0 Å². The highest BCUT2D eigenvalue weighted by molar-refractivity contribution is 5.92. The summed E-state index contributed by atoms with van der Waals surface area (Å²) in [5, 5.41) is 0. The molecule has 0 N–H and O–H groups in total. The van der Waals surface area contributed by atoms with E-state index in [2.05, 4.69) is 4.74 Å². The molecule has 1 rings (SSSR count). The van der Waals surface area contributed by atoms with Crippen LogP contribution in [0.1, 0.15) is 6.42 Å². The number of rotatable bonds is 6. The van der Waals surface area contributed by atoms with Gasteiger partial charge in [0.2, 0.25) is 5.91 Å². The fraction of sp³-hybridized carbons (Fsp3) is 0.583. The highest BCUT2D eigenvalue weighted by Crippen LogP contribution is 2.14. The molecule has 19 heavy (non-hydrogen) atoms. The van der Waals surface area contributed by atoms with E-state index in [4.69, 9.17) is 9.47 Å². The number of methoxy groups -OCH3 is 2. The van der Waals surface area contributed by atoms with Crippen LogP contribution in [0.4, 0.5) is 0 Å². The summed E-state index contributed by atoms with van der Waals surface area (Å²) in [5.74, 6) is -1.38. The lowest BCUT2D eigenvalue weighted by Gasteiger charge is -2.15. The maximum absolute atomic E-state index is 11.6. The first-order chi connectivity index (χ1) is 9.06. The summed E-state index contributed by atoms with van der Waals surface area (Å²) < 4.78 is 14.3. The summed E-state index contributed by atoms with van der Waals surface area (Å²) in [6.07, 6.45) is 1.62. The molecule has 1 unspecified atom stereocenters. The third kappa shape index (κ3) is 5.09. The SMILES string of the molecule is COCCN1CC(OC(=O)/C=C/C(=O)OC)CC1=O. The molecule has 1 atom stereocenters. The van der Waals surface area contributed by atoms with Crippen LogP contribution in [-0.4, -0.2) is 62.8 Å². The number of hydrogen-bond donors (Lipinski definition) is 0. The first-order valence-electron chi connectivity index (χ1n) is 5.80. The fourth-order valence-corrected chi connectivity index (χ4v) is 1.64. The first-order valence-corrected chi connectivity index (χ1v) is 5.80. The highest BCUT2D eigenvalue weighted by Gasteiger charge is 2.31. The summed E-state index contributed by atoms with van der Waals surface area (Å²) in [6, 6.07) is 0. The Balaban J connectivity index is 2.38. The van der Waals surface area contributed by atoms with Crippen molar-refractivity contribution in [3.8, 4) is 0 Å². The van der Waals surface area contributed by atoms with Gasteiger partial charge in [-0.1, -0.05) is 0 Å². The van der Waals surface area contributed by atoms with Crippen molar-refractivity contribution >= 4 is 17.8 Å². The minimum absolute atomic E-state index is 0.0770. The molecule has 106 valence electrons. The number of likely N-dealkylation sites (tertiary alicyclic amines) is 1. The lowest BCUT2D eigenvalue weighted by atomic mass is 10.3. The lowest BCUT2D eigenvalue weighted by Crippen LogP contribution is -2.30. The van der Waals surface area contributed by atoms with Crippen molar-refractivity contribution in [3.05, 3.63) is 12.2 Å². The average molecular weight is 271 g/mol. The van der Waals surface area contributed by atoms with E-state index in [9.17, 15) is 14.4 Å². The predicted octanol–water partition coefficient (Wildman–Crippen LogP) is -0.494. The maximum atomic E-state index is 11.6. The number of amides is 1. The third-order valence-electron chi connectivity index (χ3n) is 2.58. The molecule has 1 aliphatic heterocycles. The van der Waals surface area contributed by atoms with E-state index >= 15 is 0 Å². The van der Waals surface area contributed by atoms with E-state index in [1.165, 1.54) is 7.11 Å². The number of ether oxygens (including phenoxy) is 3. The van der Waals surface area contributed by atoms with Gasteiger partial charge in [-0.2, -0.15) is 0 Å². The maximum Gasteiger partial charge on any atom is 0.331 e. The summed E-state index contributed by atoms with van der Waals surface area (Å²) in [7, 11) is 2.76. The van der Waals surface area contributed by atoms with E-state index < -0.39 is 18.0 Å². The van der Waals surface area contributed by atoms with Crippen LogP contribution in [0, 0.1) is 0 Å². The molecule has 1 saturated heterocycles. The quantitative estimate of drug-likeness (QED) is 0.479. The monoisotopic (exact) mass is 271 g/mol. The Kier molecular flexibility index (Phi) is 6.01. The Labute approximate surface area is 111 Å². The highest BCUT2D eigenvalue weighted by atomic mass is 16.5. The van der Waals surface area contributed by atoms with Crippen LogP contribution in [0.15, 0.2) is 12.2 Å². The van der Waals surface area contributed by atoms with E-state index in [-0.39, 0.29) is 12.3 Å².